The molecule has 1 aromatic carbocycles. The fraction of sp³-hybridized carbons (Fsp3) is 0.400. The maximum atomic E-state index is 12.0. The summed E-state index contributed by atoms with van der Waals surface area (Å²) in [6.45, 7) is 2.69. The molecule has 2 nitrogen and oxygen atoms in total. The van der Waals surface area contributed by atoms with Gasteiger partial charge in [0.05, 0.1) is 0 Å². The largest absolute Gasteiger partial charge is 0.352 e. The molecule has 1 amide bonds. The zero-order valence-corrected chi connectivity index (χ0v) is 12.2. The van der Waals surface area contributed by atoms with Crippen LogP contribution in [0.1, 0.15) is 41.6 Å². The molecule has 0 atom stereocenters. The molecule has 0 fully saturated rings. The molecule has 0 heterocycles. The number of allylic oxidation sites excluding steroid dienone is 1. The van der Waals surface area contributed by atoms with Gasteiger partial charge in [0.25, 0.3) is 5.91 Å². The average molecular weight is 308 g/mol. The Labute approximate surface area is 117 Å². The SMILES string of the molecule is Cc1ccc(Br)cc1C(=O)NCCC1=CCCC1. The predicted octanol–water partition coefficient (Wildman–Crippen LogP) is 3.99. The summed E-state index contributed by atoms with van der Waals surface area (Å²) in [7, 11) is 0. The maximum Gasteiger partial charge on any atom is 0.251 e. The van der Waals surface area contributed by atoms with E-state index in [9.17, 15) is 4.79 Å². The van der Waals surface area contributed by atoms with Gasteiger partial charge in [-0.3, -0.25) is 4.79 Å². The molecule has 3 heteroatoms. The van der Waals surface area contributed by atoms with Crippen LogP contribution >= 0.6 is 15.9 Å². The Kier molecular flexibility index (Phi) is 4.59. The van der Waals surface area contributed by atoms with Crippen molar-refractivity contribution in [3.8, 4) is 0 Å². The van der Waals surface area contributed by atoms with Crippen molar-refractivity contribution in [3.05, 3.63) is 45.4 Å². The van der Waals surface area contributed by atoms with Crippen LogP contribution in [0.4, 0.5) is 0 Å². The third-order valence-electron chi connectivity index (χ3n) is 3.31. The number of amides is 1. The zero-order chi connectivity index (χ0) is 13.0. The molecule has 0 spiro atoms. The highest BCUT2D eigenvalue weighted by molar-refractivity contribution is 9.10. The maximum absolute atomic E-state index is 12.0. The Morgan fingerprint density at radius 2 is 2.28 bits per heavy atom. The average Bonchev–Trinajstić information content (AvgIpc) is 2.85. The fourth-order valence-corrected chi connectivity index (χ4v) is 2.60. The third-order valence-corrected chi connectivity index (χ3v) is 3.80. The Morgan fingerprint density at radius 1 is 1.44 bits per heavy atom. The highest BCUT2D eigenvalue weighted by Gasteiger charge is 2.10. The van der Waals surface area contributed by atoms with Crippen LogP contribution in [0.3, 0.4) is 0 Å². The molecule has 0 unspecified atom stereocenters. The molecular formula is C15H18BrNO. The highest BCUT2D eigenvalue weighted by atomic mass is 79.9. The topological polar surface area (TPSA) is 29.1 Å². The standard InChI is InChI=1S/C15H18BrNO/c1-11-6-7-13(16)10-14(11)15(18)17-9-8-12-4-2-3-5-12/h4,6-7,10H,2-3,5,8-9H2,1H3,(H,17,18). The number of hydrogen-bond donors (Lipinski definition) is 1. The van der Waals surface area contributed by atoms with E-state index in [1.807, 2.05) is 25.1 Å². The van der Waals surface area contributed by atoms with E-state index < -0.39 is 0 Å². The van der Waals surface area contributed by atoms with E-state index in [-0.39, 0.29) is 5.91 Å². The number of benzene rings is 1. The van der Waals surface area contributed by atoms with E-state index in [2.05, 4.69) is 27.3 Å². The van der Waals surface area contributed by atoms with Crippen LogP contribution in [-0.2, 0) is 0 Å². The van der Waals surface area contributed by atoms with Crippen LogP contribution in [0.15, 0.2) is 34.3 Å². The van der Waals surface area contributed by atoms with Crippen molar-refractivity contribution < 1.29 is 4.79 Å². The Morgan fingerprint density at radius 3 is 3.00 bits per heavy atom. The number of nitrogens with one attached hydrogen (secondary N) is 1. The van der Waals surface area contributed by atoms with Gasteiger partial charge in [0, 0.05) is 16.6 Å². The molecular weight excluding hydrogens is 290 g/mol. The Balaban J connectivity index is 1.89. The minimum Gasteiger partial charge on any atom is -0.352 e. The van der Waals surface area contributed by atoms with Crippen LogP contribution in [0.2, 0.25) is 0 Å². The summed E-state index contributed by atoms with van der Waals surface area (Å²) in [6, 6.07) is 5.79. The van der Waals surface area contributed by atoms with Gasteiger partial charge in [0.1, 0.15) is 0 Å². The third kappa shape index (κ3) is 3.45. The molecule has 1 N–H and O–H groups in total. The molecule has 0 aliphatic heterocycles. The fourth-order valence-electron chi connectivity index (χ4n) is 2.24. The van der Waals surface area contributed by atoms with Crippen LogP contribution < -0.4 is 5.32 Å². The monoisotopic (exact) mass is 307 g/mol. The molecule has 1 aliphatic carbocycles. The van der Waals surface area contributed by atoms with Crippen LogP contribution in [0, 0.1) is 6.92 Å². The summed E-state index contributed by atoms with van der Waals surface area (Å²) < 4.78 is 0.941. The number of carbonyl (C=O) groups is 1. The molecule has 2 rings (SSSR count). The van der Waals surface area contributed by atoms with Gasteiger partial charge in [-0.25, -0.2) is 0 Å². The predicted molar refractivity (Wildman–Crippen MR) is 77.8 cm³/mol. The van der Waals surface area contributed by atoms with Gasteiger partial charge in [0.15, 0.2) is 0 Å². The first kappa shape index (κ1) is 13.3. The molecule has 1 aliphatic rings. The summed E-state index contributed by atoms with van der Waals surface area (Å²) in [5.74, 6) is 0.0207. The number of halogens is 1. The van der Waals surface area contributed by atoms with Gasteiger partial charge in [-0.1, -0.05) is 33.6 Å². The second kappa shape index (κ2) is 6.19. The summed E-state index contributed by atoms with van der Waals surface area (Å²) >= 11 is 3.40. The second-order valence-corrected chi connectivity index (χ2v) is 5.64. The van der Waals surface area contributed by atoms with Crippen LogP contribution in [0.5, 0.6) is 0 Å². The number of carbonyl (C=O) groups excluding carboxylic acids is 1. The smallest absolute Gasteiger partial charge is 0.251 e. The zero-order valence-electron chi connectivity index (χ0n) is 10.6. The molecule has 0 saturated carbocycles. The normalized spacial score (nSPS) is 14.4. The summed E-state index contributed by atoms with van der Waals surface area (Å²) in [5.41, 5.74) is 3.25. The van der Waals surface area contributed by atoms with Crippen molar-refractivity contribution in [2.45, 2.75) is 32.6 Å². The van der Waals surface area contributed by atoms with E-state index in [1.54, 1.807) is 0 Å². The van der Waals surface area contributed by atoms with Crippen molar-refractivity contribution in [3.63, 3.8) is 0 Å². The lowest BCUT2D eigenvalue weighted by Gasteiger charge is -2.08. The molecule has 18 heavy (non-hydrogen) atoms. The lowest BCUT2D eigenvalue weighted by atomic mass is 10.1. The quantitative estimate of drug-likeness (QED) is 0.837. The number of hydrogen-bond acceptors (Lipinski definition) is 1. The van der Waals surface area contributed by atoms with Gasteiger partial charge >= 0.3 is 0 Å². The first-order valence-corrected chi connectivity index (χ1v) is 7.18. The summed E-state index contributed by atoms with van der Waals surface area (Å²) in [6.07, 6.45) is 6.96. The molecule has 0 radical (unpaired) electrons. The van der Waals surface area contributed by atoms with Crippen molar-refractivity contribution in [2.24, 2.45) is 0 Å². The Hall–Kier alpha value is -1.09. The van der Waals surface area contributed by atoms with E-state index >= 15 is 0 Å². The highest BCUT2D eigenvalue weighted by Crippen LogP contribution is 2.20. The number of aryl methyl sites for hydroxylation is 1. The number of rotatable bonds is 4. The van der Waals surface area contributed by atoms with Crippen LogP contribution in [0.25, 0.3) is 0 Å². The van der Waals surface area contributed by atoms with Crippen molar-refractivity contribution >= 4 is 21.8 Å². The van der Waals surface area contributed by atoms with Gasteiger partial charge in [-0.2, -0.15) is 0 Å². The van der Waals surface area contributed by atoms with Crippen molar-refractivity contribution in [1.82, 2.24) is 5.32 Å². The molecule has 0 aromatic heterocycles. The second-order valence-electron chi connectivity index (χ2n) is 4.72. The molecule has 1 aromatic rings. The molecule has 0 saturated heterocycles. The van der Waals surface area contributed by atoms with E-state index in [0.29, 0.717) is 0 Å². The minimum atomic E-state index is 0.0207. The summed E-state index contributed by atoms with van der Waals surface area (Å²) in [5, 5.41) is 2.99. The Bertz CT molecular complexity index is 479. The van der Waals surface area contributed by atoms with Gasteiger partial charge in [-0.15, -0.1) is 0 Å². The summed E-state index contributed by atoms with van der Waals surface area (Å²) in [4.78, 5) is 12.0. The van der Waals surface area contributed by atoms with Crippen molar-refractivity contribution in [1.29, 1.82) is 0 Å². The first-order chi connectivity index (χ1) is 8.66. The van der Waals surface area contributed by atoms with E-state index in [0.717, 1.165) is 28.6 Å². The van der Waals surface area contributed by atoms with Gasteiger partial charge in [0.2, 0.25) is 0 Å². The van der Waals surface area contributed by atoms with E-state index in [1.165, 1.54) is 24.8 Å². The first-order valence-electron chi connectivity index (χ1n) is 6.39. The minimum absolute atomic E-state index is 0.0207. The van der Waals surface area contributed by atoms with Gasteiger partial charge < -0.3 is 5.32 Å². The lowest BCUT2D eigenvalue weighted by molar-refractivity contribution is 0.0953. The lowest BCUT2D eigenvalue weighted by Crippen LogP contribution is -2.25. The molecule has 96 valence electrons. The van der Waals surface area contributed by atoms with Crippen LogP contribution in [-0.4, -0.2) is 12.5 Å². The van der Waals surface area contributed by atoms with Crippen molar-refractivity contribution in [2.75, 3.05) is 6.54 Å². The molecule has 0 bridgehead atoms. The van der Waals surface area contributed by atoms with E-state index in [4.69, 9.17) is 0 Å². The van der Waals surface area contributed by atoms with Gasteiger partial charge in [-0.05, 0) is 50.3 Å².